The Bertz CT molecular complexity index is 144. The molecule has 2 saturated heterocycles. The highest BCUT2D eigenvalue weighted by molar-refractivity contribution is 6.66. The summed E-state index contributed by atoms with van der Waals surface area (Å²) in [4.78, 5) is 0. The quantitative estimate of drug-likeness (QED) is 0.515. The van der Waals surface area contributed by atoms with E-state index in [4.69, 9.17) is 4.74 Å². The highest BCUT2D eigenvalue weighted by atomic mass is 16.5. The molecule has 0 amide bonds. The van der Waals surface area contributed by atoms with Crippen molar-refractivity contribution in [3.8, 4) is 0 Å². The normalized spacial score (nSPS) is 23.5. The summed E-state index contributed by atoms with van der Waals surface area (Å²) in [5.74, 6) is 0.953. The van der Waals surface area contributed by atoms with Crippen LogP contribution in [0.4, 0.5) is 0 Å². The Hall–Kier alpha value is -0.0151. The average Bonchev–Trinajstić information content (AvgIpc) is 2.98. The summed E-state index contributed by atoms with van der Waals surface area (Å²) in [6.07, 6.45) is 8.19. The van der Waals surface area contributed by atoms with Crippen LogP contribution < -0.4 is 5.23 Å². The summed E-state index contributed by atoms with van der Waals surface area (Å²) in [5.41, 5.74) is 0. The van der Waals surface area contributed by atoms with E-state index in [9.17, 15) is 0 Å². The van der Waals surface area contributed by atoms with Crippen LogP contribution in [0.25, 0.3) is 0 Å². The van der Waals surface area contributed by atoms with Crippen molar-refractivity contribution in [1.82, 2.24) is 5.23 Å². The highest BCUT2D eigenvalue weighted by Crippen LogP contribution is 2.20. The van der Waals surface area contributed by atoms with E-state index < -0.39 is 0 Å². The topological polar surface area (TPSA) is 21.3 Å². The maximum Gasteiger partial charge on any atom is 0.219 e. The molecule has 2 fully saturated rings. The van der Waals surface area contributed by atoms with Crippen LogP contribution in [0.15, 0.2) is 0 Å². The summed E-state index contributed by atoms with van der Waals surface area (Å²) >= 11 is 0. The van der Waals surface area contributed by atoms with Crippen molar-refractivity contribution < 1.29 is 4.74 Å². The summed E-state index contributed by atoms with van der Waals surface area (Å²) in [5, 5.41) is 3.56. The summed E-state index contributed by atoms with van der Waals surface area (Å²) < 4.78 is 5.34. The fourth-order valence-corrected chi connectivity index (χ4v) is 2.02. The van der Waals surface area contributed by atoms with Gasteiger partial charge in [0.25, 0.3) is 0 Å². The van der Waals surface area contributed by atoms with Crippen molar-refractivity contribution in [1.29, 1.82) is 0 Å². The molecule has 3 heteroatoms. The maximum absolute atomic E-state index is 5.34. The van der Waals surface area contributed by atoms with Gasteiger partial charge in [-0.3, -0.25) is 0 Å². The molecule has 0 spiro atoms. The van der Waals surface area contributed by atoms with Crippen LogP contribution in [0, 0.1) is 5.92 Å². The zero-order valence-electron chi connectivity index (χ0n) is 8.43. The van der Waals surface area contributed by atoms with E-state index in [2.05, 4.69) is 5.23 Å². The van der Waals surface area contributed by atoms with Crippen molar-refractivity contribution in [2.75, 3.05) is 19.8 Å². The van der Waals surface area contributed by atoms with E-state index in [1.165, 1.54) is 44.9 Å². The first-order valence-electron chi connectivity index (χ1n) is 5.76. The van der Waals surface area contributed by atoms with Crippen molar-refractivity contribution in [3.63, 3.8) is 0 Å². The SMILES string of the molecule is C(CNB1CC1)CC1CCOCC1. The molecule has 0 aromatic heterocycles. The molecular formula is C10H20BNO. The third-order valence-corrected chi connectivity index (χ3v) is 3.14. The smallest absolute Gasteiger partial charge is 0.219 e. The van der Waals surface area contributed by atoms with Gasteiger partial charge < -0.3 is 9.96 Å². The standard InChI is InChI=1S/C10H20BNO/c1(7-12-11-5-6-11)2-10-3-8-13-9-4-10/h10,12H,1-9H2. The number of hydrogen-bond donors (Lipinski definition) is 1. The Morgan fingerprint density at radius 1 is 1.23 bits per heavy atom. The van der Waals surface area contributed by atoms with Crippen molar-refractivity contribution in [2.24, 2.45) is 5.92 Å². The first kappa shape index (κ1) is 9.54. The van der Waals surface area contributed by atoms with Gasteiger partial charge in [0.15, 0.2) is 0 Å². The molecule has 2 rings (SSSR count). The zero-order chi connectivity index (χ0) is 8.93. The Labute approximate surface area is 81.5 Å². The third kappa shape index (κ3) is 3.69. The Balaban J connectivity index is 1.46. The molecule has 2 nitrogen and oxygen atoms in total. The number of rotatable bonds is 5. The lowest BCUT2D eigenvalue weighted by Gasteiger charge is -2.21. The van der Waals surface area contributed by atoms with Gasteiger partial charge in [0.1, 0.15) is 0 Å². The second-order valence-electron chi connectivity index (χ2n) is 4.43. The summed E-state index contributed by atoms with van der Waals surface area (Å²) in [6.45, 7) is 4.12. The maximum atomic E-state index is 5.34. The Morgan fingerprint density at radius 3 is 2.69 bits per heavy atom. The molecule has 1 N–H and O–H groups in total. The molecule has 0 aliphatic carbocycles. The minimum atomic E-state index is 0.884. The minimum Gasteiger partial charge on any atom is -0.381 e. The predicted octanol–water partition coefficient (Wildman–Crippen LogP) is 1.79. The van der Waals surface area contributed by atoms with Crippen LogP contribution in [0.3, 0.4) is 0 Å². The molecule has 0 radical (unpaired) electrons. The average molecular weight is 181 g/mol. The largest absolute Gasteiger partial charge is 0.381 e. The molecule has 13 heavy (non-hydrogen) atoms. The molecule has 0 aromatic carbocycles. The third-order valence-electron chi connectivity index (χ3n) is 3.14. The van der Waals surface area contributed by atoms with E-state index in [0.717, 1.165) is 26.0 Å². The van der Waals surface area contributed by atoms with Crippen molar-refractivity contribution >= 4 is 6.85 Å². The van der Waals surface area contributed by atoms with Crippen LogP contribution >= 0.6 is 0 Å². The van der Waals surface area contributed by atoms with Crippen LogP contribution in [0.5, 0.6) is 0 Å². The first-order valence-corrected chi connectivity index (χ1v) is 5.76. The van der Waals surface area contributed by atoms with E-state index in [1.54, 1.807) is 0 Å². The minimum absolute atomic E-state index is 0.884. The monoisotopic (exact) mass is 181 g/mol. The fourth-order valence-electron chi connectivity index (χ4n) is 2.02. The van der Waals surface area contributed by atoms with E-state index in [1.807, 2.05) is 0 Å². The second-order valence-corrected chi connectivity index (χ2v) is 4.43. The predicted molar refractivity (Wildman–Crippen MR) is 56.1 cm³/mol. The molecule has 0 unspecified atom stereocenters. The zero-order valence-corrected chi connectivity index (χ0v) is 8.43. The Kier molecular flexibility index (Phi) is 3.68. The Morgan fingerprint density at radius 2 is 2.00 bits per heavy atom. The summed E-state index contributed by atoms with van der Waals surface area (Å²) in [7, 11) is 0. The van der Waals surface area contributed by atoms with E-state index in [0.29, 0.717) is 0 Å². The van der Waals surface area contributed by atoms with Crippen LogP contribution in [-0.2, 0) is 4.74 Å². The lowest BCUT2D eigenvalue weighted by atomic mass is 9.87. The van der Waals surface area contributed by atoms with Gasteiger partial charge in [0.05, 0.1) is 0 Å². The second kappa shape index (κ2) is 5.01. The van der Waals surface area contributed by atoms with Crippen LogP contribution in [-0.4, -0.2) is 26.6 Å². The van der Waals surface area contributed by atoms with Gasteiger partial charge in [-0.25, -0.2) is 0 Å². The van der Waals surface area contributed by atoms with Gasteiger partial charge in [-0.2, -0.15) is 0 Å². The van der Waals surface area contributed by atoms with Crippen molar-refractivity contribution in [3.05, 3.63) is 0 Å². The molecular weight excluding hydrogens is 161 g/mol. The molecule has 0 saturated carbocycles. The first-order chi connectivity index (χ1) is 6.45. The summed E-state index contributed by atoms with van der Waals surface area (Å²) in [6, 6.07) is 0. The van der Waals surface area contributed by atoms with Gasteiger partial charge in [0.2, 0.25) is 6.85 Å². The molecule has 0 aromatic rings. The molecule has 0 atom stereocenters. The van der Waals surface area contributed by atoms with E-state index in [-0.39, 0.29) is 0 Å². The molecule has 2 aliphatic heterocycles. The number of hydrogen-bond acceptors (Lipinski definition) is 2. The van der Waals surface area contributed by atoms with Crippen LogP contribution in [0.1, 0.15) is 25.7 Å². The van der Waals surface area contributed by atoms with Gasteiger partial charge in [-0.05, 0) is 38.1 Å². The molecule has 2 heterocycles. The lowest BCUT2D eigenvalue weighted by Crippen LogP contribution is -2.23. The number of nitrogens with one attached hydrogen (secondary N) is 1. The highest BCUT2D eigenvalue weighted by Gasteiger charge is 2.25. The van der Waals surface area contributed by atoms with E-state index >= 15 is 0 Å². The lowest BCUT2D eigenvalue weighted by molar-refractivity contribution is 0.0634. The molecule has 2 aliphatic rings. The van der Waals surface area contributed by atoms with Gasteiger partial charge >= 0.3 is 0 Å². The number of ether oxygens (including phenoxy) is 1. The van der Waals surface area contributed by atoms with Crippen molar-refractivity contribution in [2.45, 2.75) is 38.3 Å². The van der Waals surface area contributed by atoms with Gasteiger partial charge in [0, 0.05) is 13.2 Å². The van der Waals surface area contributed by atoms with Gasteiger partial charge in [-0.15, -0.1) is 0 Å². The molecule has 74 valence electrons. The fraction of sp³-hybridized carbons (Fsp3) is 1.00. The van der Waals surface area contributed by atoms with Crippen LogP contribution in [0.2, 0.25) is 12.6 Å². The molecule has 0 bridgehead atoms. The van der Waals surface area contributed by atoms with Gasteiger partial charge in [-0.1, -0.05) is 12.6 Å².